The van der Waals surface area contributed by atoms with E-state index in [1.54, 1.807) is 0 Å². The average molecular weight is 277 g/mol. The van der Waals surface area contributed by atoms with E-state index in [0.29, 0.717) is 11.4 Å². The van der Waals surface area contributed by atoms with E-state index in [1.165, 1.54) is 0 Å². The molecule has 0 saturated heterocycles. The van der Waals surface area contributed by atoms with Crippen molar-refractivity contribution in [1.82, 2.24) is 0 Å². The largest absolute Gasteiger partial charge is 0.505 e. The van der Waals surface area contributed by atoms with Crippen molar-refractivity contribution in [3.63, 3.8) is 0 Å². The van der Waals surface area contributed by atoms with Crippen LogP contribution in [-0.2, 0) is 11.2 Å². The second-order valence-electron chi connectivity index (χ2n) is 4.04. The molecule has 0 aliphatic heterocycles. The highest BCUT2D eigenvalue weighted by molar-refractivity contribution is 6.31. The number of hydrogen-bond donors (Lipinski definition) is 1. The van der Waals surface area contributed by atoms with E-state index < -0.39 is 6.16 Å². The van der Waals surface area contributed by atoms with E-state index in [-0.39, 0.29) is 6.61 Å². The fraction of sp³-hybridized carbons (Fsp3) is 0.133. The molecule has 4 heteroatoms. The van der Waals surface area contributed by atoms with E-state index in [2.05, 4.69) is 4.74 Å². The Kier molecular flexibility index (Phi) is 4.42. The Morgan fingerprint density at radius 2 is 1.84 bits per heavy atom. The van der Waals surface area contributed by atoms with Crippen molar-refractivity contribution >= 4 is 17.8 Å². The summed E-state index contributed by atoms with van der Waals surface area (Å²) in [5.74, 6) is 0. The Bertz CT molecular complexity index is 567. The van der Waals surface area contributed by atoms with Gasteiger partial charge in [0, 0.05) is 11.4 Å². The third kappa shape index (κ3) is 3.73. The van der Waals surface area contributed by atoms with Gasteiger partial charge in [-0.1, -0.05) is 54.1 Å². The van der Waals surface area contributed by atoms with Crippen molar-refractivity contribution in [3.05, 3.63) is 59.1 Å². The average Bonchev–Trinajstić information content (AvgIpc) is 2.41. The van der Waals surface area contributed by atoms with Gasteiger partial charge in [-0.2, -0.15) is 0 Å². The second kappa shape index (κ2) is 6.25. The molecule has 0 aliphatic carbocycles. The van der Waals surface area contributed by atoms with Gasteiger partial charge in [0.05, 0.1) is 6.61 Å². The summed E-state index contributed by atoms with van der Waals surface area (Å²) in [5, 5.41) is 9.02. The van der Waals surface area contributed by atoms with Crippen LogP contribution in [0.1, 0.15) is 5.56 Å². The Morgan fingerprint density at radius 1 is 1.11 bits per heavy atom. The third-order valence-electron chi connectivity index (χ3n) is 2.76. The summed E-state index contributed by atoms with van der Waals surface area (Å²) in [5.41, 5.74) is 3.01. The lowest BCUT2D eigenvalue weighted by Crippen LogP contribution is -2.04. The number of ether oxygens (including phenoxy) is 1. The van der Waals surface area contributed by atoms with Crippen LogP contribution in [0.15, 0.2) is 48.5 Å². The molecule has 0 radical (unpaired) electrons. The SMILES string of the molecule is O=C(O)OCCc1ccc(-c2ccccc2)cc1Cl. The Hall–Kier alpha value is -2.00. The molecule has 0 fully saturated rings. The van der Waals surface area contributed by atoms with E-state index in [9.17, 15) is 4.79 Å². The first-order valence-electron chi connectivity index (χ1n) is 5.86. The van der Waals surface area contributed by atoms with Crippen molar-refractivity contribution in [2.45, 2.75) is 6.42 Å². The minimum Gasteiger partial charge on any atom is -0.450 e. The molecule has 0 spiro atoms. The van der Waals surface area contributed by atoms with Crippen molar-refractivity contribution in [2.75, 3.05) is 6.61 Å². The maximum atomic E-state index is 10.3. The molecule has 3 nitrogen and oxygen atoms in total. The molecule has 2 aromatic rings. The summed E-state index contributed by atoms with van der Waals surface area (Å²) in [6, 6.07) is 15.7. The van der Waals surface area contributed by atoms with Crippen molar-refractivity contribution in [3.8, 4) is 11.1 Å². The molecule has 0 bridgehead atoms. The zero-order valence-corrected chi connectivity index (χ0v) is 10.9. The van der Waals surface area contributed by atoms with Gasteiger partial charge in [0.25, 0.3) is 0 Å². The molecule has 0 atom stereocenters. The molecule has 0 saturated carbocycles. The summed E-state index contributed by atoms with van der Waals surface area (Å²) in [6.45, 7) is 0.111. The summed E-state index contributed by atoms with van der Waals surface area (Å²) in [7, 11) is 0. The van der Waals surface area contributed by atoms with Gasteiger partial charge in [-0.25, -0.2) is 4.79 Å². The van der Waals surface area contributed by atoms with Crippen LogP contribution >= 0.6 is 11.6 Å². The van der Waals surface area contributed by atoms with Crippen LogP contribution in [0.2, 0.25) is 5.02 Å². The summed E-state index contributed by atoms with van der Waals surface area (Å²) in [6.07, 6.45) is -0.794. The Morgan fingerprint density at radius 3 is 2.47 bits per heavy atom. The lowest BCUT2D eigenvalue weighted by Gasteiger charge is -2.07. The number of benzene rings is 2. The van der Waals surface area contributed by atoms with Crippen molar-refractivity contribution < 1.29 is 14.6 Å². The van der Waals surface area contributed by atoms with Gasteiger partial charge in [0.1, 0.15) is 0 Å². The number of halogens is 1. The first-order chi connectivity index (χ1) is 9.16. The molecule has 0 amide bonds. The first kappa shape index (κ1) is 13.4. The van der Waals surface area contributed by atoms with Gasteiger partial charge in [-0.3, -0.25) is 0 Å². The topological polar surface area (TPSA) is 46.5 Å². The lowest BCUT2D eigenvalue weighted by molar-refractivity contribution is 0.0927. The van der Waals surface area contributed by atoms with Crippen LogP contribution in [0.3, 0.4) is 0 Å². The van der Waals surface area contributed by atoms with Gasteiger partial charge in [0.2, 0.25) is 0 Å². The Balaban J connectivity index is 2.11. The maximum absolute atomic E-state index is 10.3. The van der Waals surface area contributed by atoms with Crippen LogP contribution in [0.25, 0.3) is 11.1 Å². The summed E-state index contributed by atoms with van der Waals surface area (Å²) < 4.78 is 4.47. The van der Waals surface area contributed by atoms with Crippen LogP contribution in [0.4, 0.5) is 4.79 Å². The van der Waals surface area contributed by atoms with Gasteiger partial charge >= 0.3 is 6.16 Å². The van der Waals surface area contributed by atoms with Crippen LogP contribution in [-0.4, -0.2) is 17.9 Å². The first-order valence-corrected chi connectivity index (χ1v) is 6.24. The second-order valence-corrected chi connectivity index (χ2v) is 4.44. The van der Waals surface area contributed by atoms with E-state index in [0.717, 1.165) is 16.7 Å². The maximum Gasteiger partial charge on any atom is 0.505 e. The van der Waals surface area contributed by atoms with Gasteiger partial charge in [-0.15, -0.1) is 0 Å². The number of rotatable bonds is 4. The lowest BCUT2D eigenvalue weighted by atomic mass is 10.0. The van der Waals surface area contributed by atoms with Gasteiger partial charge in [0.15, 0.2) is 0 Å². The molecule has 0 unspecified atom stereocenters. The van der Waals surface area contributed by atoms with Gasteiger partial charge < -0.3 is 9.84 Å². The van der Waals surface area contributed by atoms with E-state index >= 15 is 0 Å². The summed E-state index contributed by atoms with van der Waals surface area (Å²) >= 11 is 6.19. The molecule has 2 aromatic carbocycles. The van der Waals surface area contributed by atoms with Gasteiger partial charge in [-0.05, 0) is 22.8 Å². The fourth-order valence-electron chi connectivity index (χ4n) is 1.81. The highest BCUT2D eigenvalue weighted by Crippen LogP contribution is 2.25. The van der Waals surface area contributed by atoms with Crippen molar-refractivity contribution in [2.24, 2.45) is 0 Å². The minimum atomic E-state index is -1.27. The van der Waals surface area contributed by atoms with E-state index in [1.807, 2.05) is 48.5 Å². The third-order valence-corrected chi connectivity index (χ3v) is 3.11. The van der Waals surface area contributed by atoms with Crippen LogP contribution in [0.5, 0.6) is 0 Å². The number of carbonyl (C=O) groups is 1. The van der Waals surface area contributed by atoms with Crippen molar-refractivity contribution in [1.29, 1.82) is 0 Å². The molecular weight excluding hydrogens is 264 g/mol. The molecule has 2 rings (SSSR count). The zero-order valence-electron chi connectivity index (χ0n) is 10.2. The molecular formula is C15H13ClO3. The number of hydrogen-bond acceptors (Lipinski definition) is 2. The normalized spacial score (nSPS) is 10.2. The van der Waals surface area contributed by atoms with Crippen LogP contribution in [0, 0.1) is 0 Å². The quantitative estimate of drug-likeness (QED) is 0.850. The monoisotopic (exact) mass is 276 g/mol. The molecule has 0 heterocycles. The zero-order chi connectivity index (χ0) is 13.7. The minimum absolute atomic E-state index is 0.111. The standard InChI is InChI=1S/C15H13ClO3/c16-14-10-13(11-4-2-1-3-5-11)7-6-12(14)8-9-19-15(17)18/h1-7,10H,8-9H2,(H,17,18). The molecule has 0 aliphatic rings. The molecule has 19 heavy (non-hydrogen) atoms. The highest BCUT2D eigenvalue weighted by Gasteiger charge is 2.05. The predicted octanol–water partition coefficient (Wildman–Crippen LogP) is 4.24. The fourth-order valence-corrected chi connectivity index (χ4v) is 2.08. The Labute approximate surface area is 116 Å². The number of carboxylic acid groups (broad SMARTS) is 1. The smallest absolute Gasteiger partial charge is 0.450 e. The molecule has 0 aromatic heterocycles. The van der Waals surface area contributed by atoms with E-state index in [4.69, 9.17) is 16.7 Å². The molecule has 1 N–H and O–H groups in total. The predicted molar refractivity (Wildman–Crippen MR) is 74.6 cm³/mol. The highest BCUT2D eigenvalue weighted by atomic mass is 35.5. The summed E-state index contributed by atoms with van der Waals surface area (Å²) in [4.78, 5) is 10.3. The van der Waals surface area contributed by atoms with Crippen LogP contribution < -0.4 is 0 Å². The molecule has 98 valence electrons.